The second-order valence-corrected chi connectivity index (χ2v) is 8.91. The van der Waals surface area contributed by atoms with Gasteiger partial charge in [0.15, 0.2) is 11.2 Å². The summed E-state index contributed by atoms with van der Waals surface area (Å²) in [6.07, 6.45) is 2.98. The highest BCUT2D eigenvalue weighted by molar-refractivity contribution is 7.13. The summed E-state index contributed by atoms with van der Waals surface area (Å²) in [7, 11) is 1.54. The van der Waals surface area contributed by atoms with E-state index in [4.69, 9.17) is 0 Å². The summed E-state index contributed by atoms with van der Waals surface area (Å²) in [5, 5.41) is 5.33. The van der Waals surface area contributed by atoms with Crippen LogP contribution in [0.15, 0.2) is 70.0 Å². The zero-order chi connectivity index (χ0) is 24.5. The van der Waals surface area contributed by atoms with Crippen molar-refractivity contribution >= 4 is 34.2 Å². The van der Waals surface area contributed by atoms with Crippen LogP contribution in [0.2, 0.25) is 0 Å². The Labute approximate surface area is 204 Å². The molecule has 0 unspecified atom stereocenters. The van der Waals surface area contributed by atoms with E-state index in [-0.39, 0.29) is 31.6 Å². The van der Waals surface area contributed by atoms with Gasteiger partial charge in [-0.05, 0) is 19.1 Å². The van der Waals surface area contributed by atoms with E-state index in [0.717, 1.165) is 20.7 Å². The summed E-state index contributed by atoms with van der Waals surface area (Å²) in [6, 6.07) is 13.3. The Kier molecular flexibility index (Phi) is 5.83. The average Bonchev–Trinajstić information content (AvgIpc) is 3.49. The van der Waals surface area contributed by atoms with Crippen LogP contribution in [0.1, 0.15) is 12.7 Å². The lowest BCUT2D eigenvalue weighted by molar-refractivity contribution is -0.116. The number of imidazole rings is 1. The summed E-state index contributed by atoms with van der Waals surface area (Å²) in [5.41, 5.74) is 2.03. The van der Waals surface area contributed by atoms with Crippen LogP contribution in [-0.2, 0) is 24.9 Å². The van der Waals surface area contributed by atoms with E-state index in [0.29, 0.717) is 11.5 Å². The smallest absolute Gasteiger partial charge is 0.315 e. The van der Waals surface area contributed by atoms with Gasteiger partial charge in [0.25, 0.3) is 5.56 Å². The van der Waals surface area contributed by atoms with Gasteiger partial charge in [-0.1, -0.05) is 35.9 Å². The van der Waals surface area contributed by atoms with Gasteiger partial charge in [-0.15, -0.1) is 11.3 Å². The molecule has 0 aliphatic carbocycles. The molecule has 0 aliphatic heterocycles. The van der Waals surface area contributed by atoms with Crippen LogP contribution >= 0.6 is 11.3 Å². The second kappa shape index (κ2) is 9.11. The van der Waals surface area contributed by atoms with Gasteiger partial charge in [0, 0.05) is 25.6 Å². The number of thiazole rings is 1. The van der Waals surface area contributed by atoms with E-state index in [1.54, 1.807) is 36.8 Å². The highest BCUT2D eigenvalue weighted by atomic mass is 32.1. The number of aromatic nitrogens is 6. The van der Waals surface area contributed by atoms with Gasteiger partial charge in [0.05, 0.1) is 18.6 Å². The van der Waals surface area contributed by atoms with Gasteiger partial charge in [-0.2, -0.15) is 0 Å². The molecule has 0 radical (unpaired) electrons. The van der Waals surface area contributed by atoms with E-state index in [2.05, 4.69) is 20.3 Å². The summed E-state index contributed by atoms with van der Waals surface area (Å²) in [5.74, 6) is 0.0644. The molecule has 5 rings (SSSR count). The molecular formula is C24H23N7O3S. The van der Waals surface area contributed by atoms with Gasteiger partial charge in [-0.25, -0.2) is 14.8 Å². The maximum absolute atomic E-state index is 13.2. The molecule has 10 nitrogen and oxygen atoms in total. The molecule has 0 saturated carbocycles. The van der Waals surface area contributed by atoms with Crippen molar-refractivity contribution in [2.24, 2.45) is 7.05 Å². The Morgan fingerprint density at radius 3 is 2.66 bits per heavy atom. The summed E-state index contributed by atoms with van der Waals surface area (Å²) >= 11 is 1.43. The second-order valence-electron chi connectivity index (χ2n) is 8.05. The van der Waals surface area contributed by atoms with Crippen molar-refractivity contribution in [1.82, 2.24) is 28.7 Å². The molecule has 1 N–H and O–H groups in total. The topological polar surface area (TPSA) is 117 Å². The van der Waals surface area contributed by atoms with Crippen LogP contribution in [0, 0.1) is 6.92 Å². The number of hydrogen-bond donors (Lipinski definition) is 1. The third-order valence-electron chi connectivity index (χ3n) is 5.53. The summed E-state index contributed by atoms with van der Waals surface area (Å²) < 4.78 is 3.83. The van der Waals surface area contributed by atoms with E-state index < -0.39 is 11.2 Å². The molecule has 1 aromatic carbocycles. The predicted molar refractivity (Wildman–Crippen MR) is 136 cm³/mol. The number of hydrogen-bond acceptors (Lipinski definition) is 7. The standard InChI is InChI=1S/C24H21N7O3S.H2/c1-15-6-8-16(9-7-15)22-28-18(13-35-22)27-19(32)12-30-14-26-21-20(30)23(33)31(24(34)29(21)2)11-17-5-3-4-10-25-17;/h3-10,13-14H,11-12H2,1-2H3,(H,27,32);1H. The Balaban J connectivity index is 0.00000304. The van der Waals surface area contributed by atoms with Crippen molar-refractivity contribution in [3.63, 3.8) is 0 Å². The van der Waals surface area contributed by atoms with Gasteiger partial charge >= 0.3 is 5.69 Å². The van der Waals surface area contributed by atoms with Crippen molar-refractivity contribution in [1.29, 1.82) is 0 Å². The van der Waals surface area contributed by atoms with Crippen molar-refractivity contribution in [2.75, 3.05) is 5.32 Å². The van der Waals surface area contributed by atoms with Crippen molar-refractivity contribution in [2.45, 2.75) is 20.0 Å². The third kappa shape index (κ3) is 4.41. The van der Waals surface area contributed by atoms with Crippen LogP contribution in [0.4, 0.5) is 5.82 Å². The maximum atomic E-state index is 13.2. The molecular weight excluding hydrogens is 466 g/mol. The lowest BCUT2D eigenvalue weighted by Crippen LogP contribution is -2.40. The first-order valence-corrected chi connectivity index (χ1v) is 11.7. The molecule has 0 aliphatic rings. The first-order chi connectivity index (χ1) is 16.9. The first kappa shape index (κ1) is 22.4. The van der Waals surface area contributed by atoms with Gasteiger partial charge in [0.2, 0.25) is 5.91 Å². The Hall–Kier alpha value is -4.38. The molecule has 11 heteroatoms. The highest BCUT2D eigenvalue weighted by Crippen LogP contribution is 2.26. The van der Waals surface area contributed by atoms with Crippen LogP contribution in [0.25, 0.3) is 21.7 Å². The van der Waals surface area contributed by atoms with Crippen molar-refractivity contribution in [3.8, 4) is 10.6 Å². The molecule has 178 valence electrons. The van der Waals surface area contributed by atoms with Gasteiger partial charge in [-0.3, -0.25) is 23.7 Å². The number of fused-ring (bicyclic) bond motifs is 1. The number of carbonyl (C=O) groups excluding carboxylic acids is 1. The number of carbonyl (C=O) groups is 1. The molecule has 0 saturated heterocycles. The van der Waals surface area contributed by atoms with E-state index >= 15 is 0 Å². The molecule has 0 bridgehead atoms. The predicted octanol–water partition coefficient (Wildman–Crippen LogP) is 2.66. The summed E-state index contributed by atoms with van der Waals surface area (Å²) in [6.45, 7) is 1.87. The van der Waals surface area contributed by atoms with E-state index in [1.165, 1.54) is 26.8 Å². The monoisotopic (exact) mass is 489 g/mol. The fraction of sp³-hybridized carbons (Fsp3) is 0.167. The number of pyridine rings is 1. The SMILES string of the molecule is Cc1ccc(-c2nc(NC(=O)Cn3cnc4c3c(=O)n(Cc3ccccn3)c(=O)n4C)cs2)cc1.[HH]. The fourth-order valence-electron chi connectivity index (χ4n) is 3.73. The van der Waals surface area contributed by atoms with Crippen LogP contribution < -0.4 is 16.6 Å². The minimum atomic E-state index is -0.533. The fourth-order valence-corrected chi connectivity index (χ4v) is 4.49. The zero-order valence-corrected chi connectivity index (χ0v) is 19.8. The Bertz CT molecular complexity index is 1650. The average molecular weight is 490 g/mol. The number of benzene rings is 1. The van der Waals surface area contributed by atoms with E-state index in [9.17, 15) is 14.4 Å². The summed E-state index contributed by atoms with van der Waals surface area (Å²) in [4.78, 5) is 51.7. The number of aryl methyl sites for hydroxylation is 2. The van der Waals surface area contributed by atoms with Crippen LogP contribution in [0.3, 0.4) is 0 Å². The normalized spacial score (nSPS) is 11.1. The van der Waals surface area contributed by atoms with Crippen molar-refractivity contribution < 1.29 is 6.22 Å². The highest BCUT2D eigenvalue weighted by Gasteiger charge is 2.18. The lowest BCUT2D eigenvalue weighted by atomic mass is 10.2. The maximum Gasteiger partial charge on any atom is 0.332 e. The molecule has 5 aromatic rings. The van der Waals surface area contributed by atoms with Gasteiger partial charge in [0.1, 0.15) is 17.4 Å². The molecule has 1 amide bonds. The largest absolute Gasteiger partial charge is 0.332 e. The van der Waals surface area contributed by atoms with Crippen molar-refractivity contribution in [3.05, 3.63) is 92.5 Å². The Morgan fingerprint density at radius 1 is 1.11 bits per heavy atom. The quantitative estimate of drug-likeness (QED) is 0.392. The third-order valence-corrected chi connectivity index (χ3v) is 6.42. The zero-order valence-electron chi connectivity index (χ0n) is 19.0. The number of nitrogens with one attached hydrogen (secondary N) is 1. The number of amides is 1. The van der Waals surface area contributed by atoms with Gasteiger partial charge < -0.3 is 9.88 Å². The molecule has 4 heterocycles. The minimum absolute atomic E-state index is 0. The molecule has 0 atom stereocenters. The Morgan fingerprint density at radius 2 is 1.91 bits per heavy atom. The minimum Gasteiger partial charge on any atom is -0.315 e. The lowest BCUT2D eigenvalue weighted by Gasteiger charge is -2.09. The number of anilines is 1. The van der Waals surface area contributed by atoms with Crippen LogP contribution in [-0.4, -0.2) is 34.6 Å². The van der Waals surface area contributed by atoms with Crippen LogP contribution in [0.5, 0.6) is 0 Å². The molecule has 0 fully saturated rings. The molecule has 0 spiro atoms. The molecule has 4 aromatic heterocycles. The number of nitrogens with zero attached hydrogens (tertiary/aromatic N) is 6. The first-order valence-electron chi connectivity index (χ1n) is 10.8. The van der Waals surface area contributed by atoms with E-state index in [1.807, 2.05) is 31.2 Å². The molecule has 35 heavy (non-hydrogen) atoms. The number of rotatable bonds is 6.